The first-order valence-electron chi connectivity index (χ1n) is 8.54. The van der Waals surface area contributed by atoms with Crippen molar-refractivity contribution < 1.29 is 4.74 Å². The number of nitrogens with zero attached hydrogens (tertiary/aromatic N) is 1. The summed E-state index contributed by atoms with van der Waals surface area (Å²) in [5, 5.41) is 6.63. The van der Waals surface area contributed by atoms with Crippen molar-refractivity contribution in [3.8, 4) is 5.75 Å². The molecule has 0 aromatic heterocycles. The maximum Gasteiger partial charge on any atom is 0.119 e. The summed E-state index contributed by atoms with van der Waals surface area (Å²) < 4.78 is 5.82. The van der Waals surface area contributed by atoms with E-state index in [1.165, 1.54) is 5.56 Å². The molecular formula is C18H33N3O. The summed E-state index contributed by atoms with van der Waals surface area (Å²) in [7, 11) is 1.97. The fourth-order valence-corrected chi connectivity index (χ4v) is 2.40. The molecule has 0 radical (unpaired) electrons. The van der Waals surface area contributed by atoms with Gasteiger partial charge >= 0.3 is 0 Å². The first-order chi connectivity index (χ1) is 10.7. The number of nitrogens with one attached hydrogen (secondary N) is 2. The van der Waals surface area contributed by atoms with E-state index in [1.807, 2.05) is 7.05 Å². The fraction of sp³-hybridized carbons (Fsp3) is 0.667. The predicted octanol–water partition coefficient (Wildman–Crippen LogP) is 2.67. The molecule has 4 heteroatoms. The molecule has 22 heavy (non-hydrogen) atoms. The predicted molar refractivity (Wildman–Crippen MR) is 94.7 cm³/mol. The van der Waals surface area contributed by atoms with Gasteiger partial charge in [-0.2, -0.15) is 0 Å². The second kappa shape index (κ2) is 11.5. The van der Waals surface area contributed by atoms with Crippen molar-refractivity contribution in [3.05, 3.63) is 29.8 Å². The molecule has 0 fully saturated rings. The molecule has 1 aromatic rings. The van der Waals surface area contributed by atoms with Crippen molar-refractivity contribution in [1.29, 1.82) is 0 Å². The summed E-state index contributed by atoms with van der Waals surface area (Å²) in [6, 6.07) is 8.81. The minimum absolute atomic E-state index is 0.366. The van der Waals surface area contributed by atoms with E-state index in [4.69, 9.17) is 4.74 Å². The van der Waals surface area contributed by atoms with Crippen LogP contribution in [0.5, 0.6) is 5.75 Å². The second-order valence-corrected chi connectivity index (χ2v) is 5.58. The number of ether oxygens (including phenoxy) is 1. The SMILES string of the molecule is CCN(CC)CCCOc1ccc(C(C)NCCNC)cc1. The summed E-state index contributed by atoms with van der Waals surface area (Å²) >= 11 is 0. The van der Waals surface area contributed by atoms with Gasteiger partial charge in [-0.3, -0.25) is 0 Å². The summed E-state index contributed by atoms with van der Waals surface area (Å²) in [4.78, 5) is 2.42. The molecule has 0 bridgehead atoms. The second-order valence-electron chi connectivity index (χ2n) is 5.58. The van der Waals surface area contributed by atoms with Crippen LogP contribution in [0.4, 0.5) is 0 Å². The number of hydrogen-bond donors (Lipinski definition) is 2. The molecule has 1 rings (SSSR count). The van der Waals surface area contributed by atoms with Gasteiger partial charge in [0.1, 0.15) is 5.75 Å². The molecule has 126 valence electrons. The van der Waals surface area contributed by atoms with Gasteiger partial charge in [-0.05, 0) is 51.2 Å². The molecule has 0 spiro atoms. The van der Waals surface area contributed by atoms with Gasteiger partial charge in [0.25, 0.3) is 0 Å². The third-order valence-electron chi connectivity index (χ3n) is 3.99. The van der Waals surface area contributed by atoms with Gasteiger partial charge in [0.05, 0.1) is 6.61 Å². The normalized spacial score (nSPS) is 12.6. The minimum atomic E-state index is 0.366. The monoisotopic (exact) mass is 307 g/mol. The smallest absolute Gasteiger partial charge is 0.119 e. The Bertz CT molecular complexity index is 376. The standard InChI is InChI=1S/C18H33N3O/c1-5-21(6-2)14-7-15-22-18-10-8-17(9-11-18)16(3)20-13-12-19-4/h8-11,16,19-20H,5-7,12-15H2,1-4H3. The van der Waals surface area contributed by atoms with Gasteiger partial charge < -0.3 is 20.3 Å². The van der Waals surface area contributed by atoms with E-state index < -0.39 is 0 Å². The van der Waals surface area contributed by atoms with Crippen LogP contribution in [0.1, 0.15) is 38.8 Å². The van der Waals surface area contributed by atoms with E-state index in [9.17, 15) is 0 Å². The molecule has 2 N–H and O–H groups in total. The van der Waals surface area contributed by atoms with Crippen molar-refractivity contribution in [2.75, 3.05) is 46.4 Å². The van der Waals surface area contributed by atoms with Crippen LogP contribution in [0.25, 0.3) is 0 Å². The van der Waals surface area contributed by atoms with Crippen LogP contribution in [0.15, 0.2) is 24.3 Å². The number of benzene rings is 1. The van der Waals surface area contributed by atoms with Gasteiger partial charge in [-0.15, -0.1) is 0 Å². The van der Waals surface area contributed by atoms with Gasteiger partial charge in [-0.1, -0.05) is 26.0 Å². The average Bonchev–Trinajstić information content (AvgIpc) is 2.55. The van der Waals surface area contributed by atoms with Gasteiger partial charge in [-0.25, -0.2) is 0 Å². The molecule has 0 aliphatic carbocycles. The Labute approximate surface area is 136 Å². The van der Waals surface area contributed by atoms with Gasteiger partial charge in [0, 0.05) is 25.7 Å². The quantitative estimate of drug-likeness (QED) is 0.582. The maximum atomic E-state index is 5.82. The van der Waals surface area contributed by atoms with E-state index in [2.05, 4.69) is 60.6 Å². The van der Waals surface area contributed by atoms with Crippen LogP contribution in [0, 0.1) is 0 Å². The van der Waals surface area contributed by atoms with Crippen LogP contribution in [-0.4, -0.2) is 51.3 Å². The van der Waals surface area contributed by atoms with Crippen molar-refractivity contribution in [1.82, 2.24) is 15.5 Å². The largest absolute Gasteiger partial charge is 0.494 e. The van der Waals surface area contributed by atoms with Crippen LogP contribution in [-0.2, 0) is 0 Å². The Morgan fingerprint density at radius 1 is 1.09 bits per heavy atom. The lowest BCUT2D eigenvalue weighted by Gasteiger charge is -2.18. The molecule has 0 amide bonds. The highest BCUT2D eigenvalue weighted by molar-refractivity contribution is 5.28. The lowest BCUT2D eigenvalue weighted by Crippen LogP contribution is -2.27. The zero-order chi connectivity index (χ0) is 16.2. The van der Waals surface area contributed by atoms with Crippen LogP contribution in [0.3, 0.4) is 0 Å². The summed E-state index contributed by atoms with van der Waals surface area (Å²) in [5.74, 6) is 0.964. The highest BCUT2D eigenvalue weighted by Gasteiger charge is 2.04. The number of likely N-dealkylation sites (N-methyl/N-ethyl adjacent to an activating group) is 1. The van der Waals surface area contributed by atoms with Crippen molar-refractivity contribution in [3.63, 3.8) is 0 Å². The van der Waals surface area contributed by atoms with Gasteiger partial charge in [0.15, 0.2) is 0 Å². The molecule has 1 unspecified atom stereocenters. The summed E-state index contributed by atoms with van der Waals surface area (Å²) in [5.41, 5.74) is 1.30. The van der Waals surface area contributed by atoms with E-state index in [-0.39, 0.29) is 0 Å². The number of rotatable bonds is 12. The zero-order valence-corrected chi connectivity index (χ0v) is 14.7. The Morgan fingerprint density at radius 3 is 2.36 bits per heavy atom. The Kier molecular flexibility index (Phi) is 9.87. The summed E-state index contributed by atoms with van der Waals surface area (Å²) in [6.07, 6.45) is 1.07. The highest BCUT2D eigenvalue weighted by Crippen LogP contribution is 2.17. The first-order valence-corrected chi connectivity index (χ1v) is 8.54. The number of hydrogen-bond acceptors (Lipinski definition) is 4. The molecule has 0 heterocycles. The topological polar surface area (TPSA) is 36.5 Å². The van der Waals surface area contributed by atoms with Crippen molar-refractivity contribution in [2.45, 2.75) is 33.2 Å². The maximum absolute atomic E-state index is 5.82. The average molecular weight is 307 g/mol. The van der Waals surface area contributed by atoms with Crippen LogP contribution in [0.2, 0.25) is 0 Å². The first kappa shape index (κ1) is 18.9. The van der Waals surface area contributed by atoms with Crippen molar-refractivity contribution >= 4 is 0 Å². The molecule has 0 saturated heterocycles. The van der Waals surface area contributed by atoms with E-state index in [1.54, 1.807) is 0 Å². The Morgan fingerprint density at radius 2 is 1.77 bits per heavy atom. The molecule has 0 aliphatic heterocycles. The lowest BCUT2D eigenvalue weighted by atomic mass is 10.1. The Hall–Kier alpha value is -1.10. The molecular weight excluding hydrogens is 274 g/mol. The highest BCUT2D eigenvalue weighted by atomic mass is 16.5. The van der Waals surface area contributed by atoms with Crippen LogP contribution < -0.4 is 15.4 Å². The molecule has 1 atom stereocenters. The van der Waals surface area contributed by atoms with Gasteiger partial charge in [0.2, 0.25) is 0 Å². The van der Waals surface area contributed by atoms with E-state index >= 15 is 0 Å². The third kappa shape index (κ3) is 7.25. The van der Waals surface area contributed by atoms with Crippen molar-refractivity contribution in [2.24, 2.45) is 0 Å². The summed E-state index contributed by atoms with van der Waals surface area (Å²) in [6.45, 7) is 12.7. The fourth-order valence-electron chi connectivity index (χ4n) is 2.40. The molecule has 4 nitrogen and oxygen atoms in total. The lowest BCUT2D eigenvalue weighted by molar-refractivity contribution is 0.249. The minimum Gasteiger partial charge on any atom is -0.494 e. The molecule has 0 aliphatic rings. The third-order valence-corrected chi connectivity index (χ3v) is 3.99. The molecule has 1 aromatic carbocycles. The molecule has 0 saturated carbocycles. The van der Waals surface area contributed by atoms with Crippen LogP contribution >= 0.6 is 0 Å². The zero-order valence-electron chi connectivity index (χ0n) is 14.7. The Balaban J connectivity index is 2.29. The van der Waals surface area contributed by atoms with E-state index in [0.717, 1.165) is 51.5 Å². The van der Waals surface area contributed by atoms with E-state index in [0.29, 0.717) is 6.04 Å².